The van der Waals surface area contributed by atoms with E-state index in [-0.39, 0.29) is 7.24 Å². The predicted octanol–water partition coefficient (Wildman–Crippen LogP) is 9.09. The summed E-state index contributed by atoms with van der Waals surface area (Å²) in [5, 5.41) is 6.70. The van der Waals surface area contributed by atoms with Gasteiger partial charge >= 0.3 is 1.43 Å². The summed E-state index contributed by atoms with van der Waals surface area (Å²) >= 11 is 0. The Labute approximate surface area is 350 Å². The van der Waals surface area contributed by atoms with Gasteiger partial charge in [0.05, 0.1) is 15.4 Å². The van der Waals surface area contributed by atoms with E-state index in [1.165, 1.54) is 34.0 Å². The molecule has 0 bridgehead atoms. The molecule has 0 aliphatic heterocycles. The minimum Gasteiger partial charge on any atom is -0.275 e. The van der Waals surface area contributed by atoms with Gasteiger partial charge in [0, 0.05) is 18.1 Å². The average Bonchev–Trinajstić information content (AvgIpc) is 3.29. The summed E-state index contributed by atoms with van der Waals surface area (Å²) in [6, 6.07) is 79.0. The van der Waals surface area contributed by atoms with E-state index in [0.29, 0.717) is 11.0 Å². The van der Waals surface area contributed by atoms with Gasteiger partial charge in [0.15, 0.2) is 0 Å². The highest BCUT2D eigenvalue weighted by molar-refractivity contribution is 8.08. The van der Waals surface area contributed by atoms with E-state index < -0.39 is 23.3 Å². The van der Waals surface area contributed by atoms with Crippen molar-refractivity contribution in [3.05, 3.63) is 248 Å². The molecule has 8 aromatic carbocycles. The fourth-order valence-corrected chi connectivity index (χ4v) is 13.9. The van der Waals surface area contributed by atoms with Crippen molar-refractivity contribution in [1.82, 2.24) is 0 Å². The van der Waals surface area contributed by atoms with E-state index in [2.05, 4.69) is 127 Å². The minimum atomic E-state index is -2.89. The molecule has 0 aliphatic rings. The smallest absolute Gasteiger partial charge is 0.275 e. The van der Waals surface area contributed by atoms with Crippen molar-refractivity contribution in [3.63, 3.8) is 0 Å². The average molecular weight is 811 g/mol. The highest BCUT2D eigenvalue weighted by Gasteiger charge is 2.52. The number of hydrogen-bond donors (Lipinski definition) is 1. The molecule has 0 heterocycles. The van der Waals surface area contributed by atoms with Gasteiger partial charge in [-0.05, 0) is 60.7 Å². The van der Waals surface area contributed by atoms with Gasteiger partial charge in [0.1, 0.15) is 22.6 Å². The maximum absolute atomic E-state index is 13.9. The first-order valence-electron chi connectivity index (χ1n) is 19.5. The Morgan fingerprint density at radius 1 is 0.492 bits per heavy atom. The Hall–Kier alpha value is -6.40. The van der Waals surface area contributed by atoms with Crippen molar-refractivity contribution in [2.24, 2.45) is 9.23 Å². The molecule has 0 fully saturated rings. The lowest BCUT2D eigenvalue weighted by atomic mass is 9.13. The van der Waals surface area contributed by atoms with Crippen LogP contribution in [-0.4, -0.2) is 28.3 Å². The van der Waals surface area contributed by atoms with Crippen LogP contribution < -0.4 is 37.9 Å². The number of nitrogens with zero attached hydrogens (tertiary/aromatic N) is 2. The zero-order valence-corrected chi connectivity index (χ0v) is 34.8. The van der Waals surface area contributed by atoms with Gasteiger partial charge in [-0.25, -0.2) is 8.60 Å². The fourth-order valence-electron chi connectivity index (χ4n) is 7.78. The molecule has 292 valence electrons. The molecule has 0 saturated carbocycles. The van der Waals surface area contributed by atoms with E-state index in [0.717, 1.165) is 16.3 Å². The number of rotatable bonds is 11. The zero-order valence-electron chi connectivity index (χ0n) is 34.1. The molecular formula is C51H47BFN3OPS+. The maximum Gasteiger partial charge on any atom is 1.00 e. The van der Waals surface area contributed by atoms with E-state index in [1.807, 2.05) is 91.0 Å². The van der Waals surface area contributed by atoms with Gasteiger partial charge in [-0.1, -0.05) is 180 Å². The lowest BCUT2D eigenvalue weighted by molar-refractivity contribution is 0.628. The third kappa shape index (κ3) is 9.34. The SMILES string of the molecule is CS(C)(=O)=N[P+](/C(=N/Nc1ccccc1)c1ccc(F)cc1)(c1ccccc1)c1ccccc1.[H+].c1ccc([B-](c2ccccc2)(c2ccccc2)c2ccccc2)cc1. The summed E-state index contributed by atoms with van der Waals surface area (Å²) < 4.78 is 32.3. The van der Waals surface area contributed by atoms with Gasteiger partial charge in [-0.3, -0.25) is 5.43 Å². The summed E-state index contributed by atoms with van der Waals surface area (Å²) in [6.07, 6.45) is 2.06. The number of anilines is 1. The standard InChI is InChI=1S/C27H26FN3OPS.C24H20B/c1-34(2,32)31-33(25-14-8-4-9-15-25,26-16-10-5-11-17-26)27(22-18-20-23(28)21-19-22)30-29-24-12-6-3-7-13-24;1-5-13-21(14-6-1)25(22-15-7-2-8-16-22,23-17-9-3-10-18-23)24-19-11-4-12-20-24/h3-21,29H,1-2H3;1-20H/q+1;-1/p+1/b30-27+;. The Balaban J connectivity index is 0.000000206. The summed E-state index contributed by atoms with van der Waals surface area (Å²) in [5.74, 6) is -0.339. The largest absolute Gasteiger partial charge is 1.00 e. The summed E-state index contributed by atoms with van der Waals surface area (Å²) in [7, 11) is -5.47. The first kappa shape index (κ1) is 40.8. The number of halogens is 1. The number of hydrazone groups is 1. The number of hydrogen-bond acceptors (Lipinski definition) is 4. The van der Waals surface area contributed by atoms with Crippen molar-refractivity contribution >= 4 is 66.9 Å². The second kappa shape index (κ2) is 18.9. The zero-order chi connectivity index (χ0) is 41.0. The normalized spacial score (nSPS) is 11.8. The highest BCUT2D eigenvalue weighted by Crippen LogP contribution is 2.61. The molecule has 0 unspecified atom stereocenters. The van der Waals surface area contributed by atoms with Crippen LogP contribution in [0.3, 0.4) is 0 Å². The minimum absolute atomic E-state index is 0. The fraction of sp³-hybridized carbons (Fsp3) is 0.0392. The second-order valence-electron chi connectivity index (χ2n) is 14.5. The Morgan fingerprint density at radius 3 is 1.15 bits per heavy atom. The number of nitrogens with one attached hydrogen (secondary N) is 1. The Kier molecular flexibility index (Phi) is 13.1. The summed E-state index contributed by atoms with van der Waals surface area (Å²) in [6.45, 7) is 0. The van der Waals surface area contributed by atoms with Gasteiger partial charge in [0.2, 0.25) is 5.45 Å². The third-order valence-corrected chi connectivity index (χ3v) is 15.9. The van der Waals surface area contributed by atoms with Crippen LogP contribution in [0.2, 0.25) is 0 Å². The van der Waals surface area contributed by atoms with Crippen LogP contribution in [0, 0.1) is 5.82 Å². The van der Waals surface area contributed by atoms with Crippen LogP contribution in [-0.2, 0) is 9.73 Å². The van der Waals surface area contributed by atoms with Crippen molar-refractivity contribution in [2.75, 3.05) is 17.9 Å². The Bertz CT molecular complexity index is 2480. The van der Waals surface area contributed by atoms with Crippen molar-refractivity contribution in [3.8, 4) is 0 Å². The lowest BCUT2D eigenvalue weighted by Crippen LogP contribution is -2.74. The van der Waals surface area contributed by atoms with E-state index in [9.17, 15) is 8.60 Å². The van der Waals surface area contributed by atoms with E-state index in [4.69, 9.17) is 9.23 Å². The first-order chi connectivity index (χ1) is 28.8. The van der Waals surface area contributed by atoms with Crippen LogP contribution in [0.25, 0.3) is 0 Å². The Morgan fingerprint density at radius 2 is 0.814 bits per heavy atom. The molecule has 0 atom stereocenters. The first-order valence-corrected chi connectivity index (χ1v) is 23.6. The molecule has 8 rings (SSSR count). The molecule has 0 aromatic heterocycles. The van der Waals surface area contributed by atoms with Crippen LogP contribution in [0.15, 0.2) is 246 Å². The molecule has 59 heavy (non-hydrogen) atoms. The molecular weight excluding hydrogens is 763 g/mol. The van der Waals surface area contributed by atoms with Crippen LogP contribution in [0.4, 0.5) is 10.1 Å². The third-order valence-electron chi connectivity index (χ3n) is 10.3. The van der Waals surface area contributed by atoms with Crippen molar-refractivity contribution < 1.29 is 10.0 Å². The van der Waals surface area contributed by atoms with E-state index >= 15 is 0 Å². The van der Waals surface area contributed by atoms with Gasteiger partial charge < -0.3 is 0 Å². The van der Waals surface area contributed by atoms with Gasteiger partial charge in [0.25, 0.3) is 7.41 Å². The molecule has 8 heteroatoms. The monoisotopic (exact) mass is 810 g/mol. The van der Waals surface area contributed by atoms with Crippen LogP contribution >= 0.6 is 7.41 Å². The summed E-state index contributed by atoms with van der Waals surface area (Å²) in [4.78, 5) is 0. The van der Waals surface area contributed by atoms with Crippen molar-refractivity contribution in [2.45, 2.75) is 0 Å². The molecule has 0 amide bonds. The predicted molar refractivity (Wildman–Crippen MR) is 256 cm³/mol. The van der Waals surface area contributed by atoms with Crippen LogP contribution in [0.1, 0.15) is 6.99 Å². The molecule has 0 radical (unpaired) electrons. The topological polar surface area (TPSA) is 53.8 Å². The quantitative estimate of drug-likeness (QED) is 0.0614. The molecule has 0 spiro atoms. The summed E-state index contributed by atoms with van der Waals surface area (Å²) in [5.41, 5.74) is 10.6. The molecule has 0 aliphatic carbocycles. The second-order valence-corrected chi connectivity index (χ2v) is 20.2. The molecule has 1 N–H and O–H groups in total. The number of benzene rings is 8. The highest BCUT2D eigenvalue weighted by atomic mass is 32.2. The molecule has 0 saturated heterocycles. The maximum atomic E-state index is 13.9. The lowest BCUT2D eigenvalue weighted by Gasteiger charge is -2.44. The van der Waals surface area contributed by atoms with Crippen molar-refractivity contribution in [1.29, 1.82) is 0 Å². The molecule has 4 nitrogen and oxygen atoms in total. The van der Waals surface area contributed by atoms with Crippen LogP contribution in [0.5, 0.6) is 0 Å². The number of para-hydroxylation sites is 1. The van der Waals surface area contributed by atoms with Gasteiger partial charge in [-0.15, -0.1) is 5.10 Å². The van der Waals surface area contributed by atoms with E-state index in [1.54, 1.807) is 24.6 Å². The molecule has 8 aromatic rings. The van der Waals surface area contributed by atoms with Gasteiger partial charge in [-0.2, -0.15) is 21.9 Å².